The number of anilines is 1. The highest BCUT2D eigenvalue weighted by Gasteiger charge is 2.25. The molecule has 0 bridgehead atoms. The molecule has 15 nitrogen and oxygen atoms in total. The second-order valence-electron chi connectivity index (χ2n) is 16.0. The molecule has 0 saturated heterocycles. The molecule has 0 spiro atoms. The molecule has 3 amide bonds. The summed E-state index contributed by atoms with van der Waals surface area (Å²) in [6.07, 6.45) is 3.15. The molecular formula is C50H52Br3N7O8. The van der Waals surface area contributed by atoms with Crippen LogP contribution in [0.5, 0.6) is 5.75 Å². The first kappa shape index (κ1) is 50.4. The van der Waals surface area contributed by atoms with Gasteiger partial charge in [0.1, 0.15) is 12.4 Å². The van der Waals surface area contributed by atoms with Crippen molar-refractivity contribution in [3.63, 3.8) is 0 Å². The van der Waals surface area contributed by atoms with Crippen LogP contribution in [0.4, 0.5) is 5.69 Å². The van der Waals surface area contributed by atoms with Crippen molar-refractivity contribution in [1.82, 2.24) is 30.2 Å². The van der Waals surface area contributed by atoms with Gasteiger partial charge in [0.2, 0.25) is 5.91 Å². The fourth-order valence-corrected chi connectivity index (χ4v) is 9.39. The van der Waals surface area contributed by atoms with E-state index in [1.54, 1.807) is 16.8 Å². The zero-order chi connectivity index (χ0) is 48.2. The Morgan fingerprint density at radius 2 is 1.44 bits per heavy atom. The highest BCUT2D eigenvalue weighted by Crippen LogP contribution is 2.39. The molecular weight excluding hydrogens is 1070 g/mol. The first-order valence-corrected chi connectivity index (χ1v) is 24.6. The third-order valence-corrected chi connectivity index (χ3v) is 12.7. The van der Waals surface area contributed by atoms with E-state index in [-0.39, 0.29) is 29.7 Å². The molecule has 7 rings (SSSR count). The van der Waals surface area contributed by atoms with E-state index < -0.39 is 0 Å². The summed E-state index contributed by atoms with van der Waals surface area (Å²) >= 11 is 10.7. The molecule has 0 unspecified atom stereocenters. The molecule has 0 saturated carbocycles. The summed E-state index contributed by atoms with van der Waals surface area (Å²) < 4.78 is 28.3. The zero-order valence-electron chi connectivity index (χ0n) is 38.0. The van der Waals surface area contributed by atoms with Crippen molar-refractivity contribution >= 4 is 93.8 Å². The maximum atomic E-state index is 13.3. The number of nitrogens with one attached hydrogen (secondary N) is 3. The van der Waals surface area contributed by atoms with E-state index >= 15 is 0 Å². The molecule has 4 aromatic carbocycles. The fourth-order valence-electron chi connectivity index (χ4n) is 7.57. The maximum Gasteiger partial charge on any atom is 0.295 e. The molecule has 1 aliphatic heterocycles. The van der Waals surface area contributed by atoms with Crippen LogP contribution in [-0.4, -0.2) is 96.6 Å². The summed E-state index contributed by atoms with van der Waals surface area (Å²) in [6, 6.07) is 24.7. The highest BCUT2D eigenvalue weighted by molar-refractivity contribution is 9.11. The van der Waals surface area contributed by atoms with Gasteiger partial charge in [-0.1, -0.05) is 45.8 Å². The molecule has 6 aromatic rings. The Bertz CT molecular complexity index is 2840. The predicted molar refractivity (Wildman–Crippen MR) is 272 cm³/mol. The number of halogens is 3. The van der Waals surface area contributed by atoms with E-state index in [1.165, 1.54) is 4.68 Å². The second-order valence-corrected chi connectivity index (χ2v) is 18.7. The third-order valence-electron chi connectivity index (χ3n) is 11.0. The predicted octanol–water partition coefficient (Wildman–Crippen LogP) is 8.29. The normalized spacial score (nSPS) is 12.7. The summed E-state index contributed by atoms with van der Waals surface area (Å²) in [5.41, 5.74) is 8.23. The van der Waals surface area contributed by atoms with E-state index in [0.29, 0.717) is 107 Å². The minimum atomic E-state index is -0.275. The number of hydrogen-bond donors (Lipinski definition) is 3. The van der Waals surface area contributed by atoms with E-state index in [0.717, 1.165) is 58.1 Å². The number of carbonyl (C=O) groups excluding carboxylic acids is 3. The van der Waals surface area contributed by atoms with Gasteiger partial charge in [-0.2, -0.15) is 10.2 Å². The van der Waals surface area contributed by atoms with Gasteiger partial charge in [-0.15, -0.1) is 0 Å². The quantitative estimate of drug-likeness (QED) is 0.0418. The Morgan fingerprint density at radius 3 is 2.15 bits per heavy atom. The Labute approximate surface area is 419 Å². The van der Waals surface area contributed by atoms with Gasteiger partial charge in [0.25, 0.3) is 17.4 Å². The number of ether oxygens (including phenoxy) is 4. The summed E-state index contributed by atoms with van der Waals surface area (Å²) in [7, 11) is 0. The van der Waals surface area contributed by atoms with Crippen LogP contribution in [0.15, 0.2) is 97.1 Å². The molecule has 2 aromatic heterocycles. The fraction of sp³-hybridized carbons (Fsp3) is 0.320. The molecule has 3 heterocycles. The van der Waals surface area contributed by atoms with Crippen molar-refractivity contribution in [3.8, 4) is 11.4 Å². The van der Waals surface area contributed by atoms with Crippen molar-refractivity contribution in [3.05, 3.63) is 142 Å². The largest absolute Gasteiger partial charge is 0.489 e. The topological polar surface area (TPSA) is 177 Å². The highest BCUT2D eigenvalue weighted by atomic mass is 79.9. The smallest absolute Gasteiger partial charge is 0.295 e. The Morgan fingerprint density at radius 1 is 0.765 bits per heavy atom. The van der Waals surface area contributed by atoms with E-state index in [2.05, 4.69) is 73.9 Å². The molecule has 68 heavy (non-hydrogen) atoms. The van der Waals surface area contributed by atoms with Crippen molar-refractivity contribution in [1.29, 1.82) is 0 Å². The molecule has 0 aliphatic carbocycles. The lowest BCUT2D eigenvalue weighted by Crippen LogP contribution is -2.28. The lowest BCUT2D eigenvalue weighted by molar-refractivity contribution is -0.121. The van der Waals surface area contributed by atoms with Gasteiger partial charge < -0.3 is 34.9 Å². The summed E-state index contributed by atoms with van der Waals surface area (Å²) in [5.74, 6) is 0.176. The lowest BCUT2D eigenvalue weighted by atomic mass is 10.0. The number of nitrogens with zero attached hydrogens (tertiary/aromatic N) is 4. The van der Waals surface area contributed by atoms with E-state index in [1.807, 2.05) is 93.6 Å². The van der Waals surface area contributed by atoms with Gasteiger partial charge in [-0.05, 0) is 137 Å². The van der Waals surface area contributed by atoms with Gasteiger partial charge in [0.05, 0.1) is 71.0 Å². The molecule has 0 fully saturated rings. The average Bonchev–Trinajstić information content (AvgIpc) is 3.83. The number of aryl methyl sites for hydroxylation is 4. The van der Waals surface area contributed by atoms with Gasteiger partial charge in [0, 0.05) is 52.9 Å². The molecule has 1 aliphatic rings. The summed E-state index contributed by atoms with van der Waals surface area (Å²) in [6.45, 7) is 9.52. The van der Waals surface area contributed by atoms with Crippen molar-refractivity contribution in [2.24, 2.45) is 0 Å². The van der Waals surface area contributed by atoms with Crippen molar-refractivity contribution < 1.29 is 33.3 Å². The molecule has 3 N–H and O–H groups in total. The van der Waals surface area contributed by atoms with Crippen LogP contribution in [0.25, 0.3) is 28.2 Å². The first-order valence-electron chi connectivity index (χ1n) is 22.2. The van der Waals surface area contributed by atoms with Crippen LogP contribution in [0.3, 0.4) is 0 Å². The van der Waals surface area contributed by atoms with Crippen LogP contribution >= 0.6 is 47.8 Å². The Hall–Kier alpha value is -5.50. The number of carbonyl (C=O) groups is 3. The number of hydrogen-bond acceptors (Lipinski definition) is 10. The third kappa shape index (κ3) is 13.2. The van der Waals surface area contributed by atoms with E-state index in [4.69, 9.17) is 18.9 Å². The van der Waals surface area contributed by atoms with Gasteiger partial charge in [-0.25, -0.2) is 9.36 Å². The number of aromatic nitrogens is 4. The van der Waals surface area contributed by atoms with Gasteiger partial charge in [-0.3, -0.25) is 19.2 Å². The molecule has 0 radical (unpaired) electrons. The van der Waals surface area contributed by atoms with Crippen LogP contribution in [-0.2, 0) is 36.8 Å². The molecule has 0 atom stereocenters. The summed E-state index contributed by atoms with van der Waals surface area (Å²) in [5, 5.41) is 18.6. The van der Waals surface area contributed by atoms with E-state index in [9.17, 15) is 19.2 Å². The van der Waals surface area contributed by atoms with Crippen LogP contribution in [0, 0.1) is 20.8 Å². The second kappa shape index (κ2) is 24.2. The molecule has 356 valence electrons. The zero-order valence-corrected chi connectivity index (χ0v) is 42.7. The number of rotatable bonds is 23. The van der Waals surface area contributed by atoms with Gasteiger partial charge in [0.15, 0.2) is 5.52 Å². The summed E-state index contributed by atoms with van der Waals surface area (Å²) in [4.78, 5) is 51.2. The number of fused-ring (bicyclic) bond motifs is 2. The monoisotopic (exact) mass is 1120 g/mol. The van der Waals surface area contributed by atoms with Crippen LogP contribution in [0.2, 0.25) is 0 Å². The Kier molecular flexibility index (Phi) is 17.9. The Balaban J connectivity index is 0.702. The molecule has 18 heteroatoms. The van der Waals surface area contributed by atoms with Gasteiger partial charge >= 0.3 is 0 Å². The minimum Gasteiger partial charge on any atom is -0.489 e. The minimum absolute atomic E-state index is 0.109. The first-order chi connectivity index (χ1) is 32.9. The van der Waals surface area contributed by atoms with Crippen molar-refractivity contribution in [2.75, 3.05) is 64.7 Å². The SMILES string of the molecule is Cc1ccc(-n2nc3c(=O)n(CCCC(=O)NCCc4ccc(C(=O)NCCOCCOCCOCCOc5c(Br)cc(/C=C6\C(=O)Nc7ccc(Br)cc76)cc5Br)cc4)nc(C)c3c2C)cc1. The number of benzene rings is 4. The lowest BCUT2D eigenvalue weighted by Gasteiger charge is -2.12. The van der Waals surface area contributed by atoms with Crippen LogP contribution in [0.1, 0.15) is 56.8 Å². The van der Waals surface area contributed by atoms with Crippen LogP contribution < -0.4 is 26.2 Å². The number of amides is 3. The average molecular weight is 1120 g/mol. The maximum absolute atomic E-state index is 13.3. The standard InChI is InChI=1S/C50H52Br3N7O8/c1-31-6-13-38(14-7-31)60-33(3)45-32(2)57-59(50(64)46(45)58-60)19-4-5-44(61)54-17-16-34-8-10-36(11-9-34)48(62)55-18-20-65-21-22-66-23-24-67-25-26-68-47-41(52)28-35(29-42(47)53)27-40-39-30-37(51)12-15-43(39)56-49(40)63/h6-15,27-30H,4-5,16-26H2,1-3H3,(H,54,61)(H,55,62)(H,56,63)/b40-27-. The van der Waals surface area contributed by atoms with Crippen molar-refractivity contribution in [2.45, 2.75) is 46.6 Å².